The molecule has 3 aromatic rings. The van der Waals surface area contributed by atoms with Crippen molar-refractivity contribution in [3.8, 4) is 0 Å². The average molecular weight is 213 g/mol. The van der Waals surface area contributed by atoms with E-state index >= 15 is 0 Å². The van der Waals surface area contributed by atoms with Gasteiger partial charge in [-0.3, -0.25) is 0 Å². The van der Waals surface area contributed by atoms with Crippen LogP contribution in [0.15, 0.2) is 53.5 Å². The quantitative estimate of drug-likeness (QED) is 0.702. The van der Waals surface area contributed by atoms with Crippen molar-refractivity contribution >= 4 is 0 Å². The van der Waals surface area contributed by atoms with Crippen molar-refractivity contribution in [1.29, 1.82) is 0 Å². The minimum Gasteiger partial charge on any atom is -0.448 e. The van der Waals surface area contributed by atoms with Crippen molar-refractivity contribution in [3.63, 3.8) is 0 Å². The highest BCUT2D eigenvalue weighted by Crippen LogP contribution is 2.28. The Morgan fingerprint density at radius 2 is 1.75 bits per heavy atom. The van der Waals surface area contributed by atoms with Gasteiger partial charge in [0.25, 0.3) is 0 Å². The van der Waals surface area contributed by atoms with E-state index in [9.17, 15) is 0 Å². The van der Waals surface area contributed by atoms with Crippen molar-refractivity contribution < 1.29 is 4.42 Å². The van der Waals surface area contributed by atoms with Crippen LogP contribution in [0, 0.1) is 0 Å². The number of H-pyrrole nitrogens is 2. The van der Waals surface area contributed by atoms with Crippen molar-refractivity contribution in [1.82, 2.24) is 15.0 Å². The normalized spacial score (nSPS) is 11.1. The van der Waals surface area contributed by atoms with Gasteiger partial charge in [-0.2, -0.15) is 0 Å². The van der Waals surface area contributed by atoms with Crippen molar-refractivity contribution in [2.24, 2.45) is 0 Å². The summed E-state index contributed by atoms with van der Waals surface area (Å²) in [6, 6.07) is 7.98. The molecular weight excluding hydrogens is 202 g/mol. The maximum Gasteiger partial charge on any atom is 0.208 e. The molecule has 0 bridgehead atoms. The van der Waals surface area contributed by atoms with E-state index in [0.717, 1.165) is 11.4 Å². The summed E-state index contributed by atoms with van der Waals surface area (Å²) < 4.78 is 5.39. The van der Waals surface area contributed by atoms with Gasteiger partial charge in [-0.25, -0.2) is 4.98 Å². The number of aromatic nitrogens is 3. The van der Waals surface area contributed by atoms with E-state index in [-0.39, 0.29) is 5.92 Å². The summed E-state index contributed by atoms with van der Waals surface area (Å²) in [5, 5.41) is 0. The number of hydrogen-bond acceptors (Lipinski definition) is 2. The summed E-state index contributed by atoms with van der Waals surface area (Å²) in [5.41, 5.74) is 2.12. The lowest BCUT2D eigenvalue weighted by Gasteiger charge is -2.10. The van der Waals surface area contributed by atoms with Crippen LogP contribution in [-0.4, -0.2) is 15.0 Å². The lowest BCUT2D eigenvalue weighted by Crippen LogP contribution is -2.04. The highest BCUT2D eigenvalue weighted by molar-refractivity contribution is 5.30. The van der Waals surface area contributed by atoms with E-state index in [1.165, 1.54) is 0 Å². The molecule has 0 aliphatic rings. The van der Waals surface area contributed by atoms with Crippen LogP contribution in [0.2, 0.25) is 0 Å². The van der Waals surface area contributed by atoms with E-state index in [1.807, 2.05) is 36.7 Å². The Kier molecular flexibility index (Phi) is 2.11. The highest BCUT2D eigenvalue weighted by atomic mass is 16.3. The molecule has 80 valence electrons. The smallest absolute Gasteiger partial charge is 0.208 e. The number of rotatable bonds is 3. The average Bonchev–Trinajstić information content (AvgIpc) is 3.02. The zero-order chi connectivity index (χ0) is 10.8. The van der Waals surface area contributed by atoms with Crippen LogP contribution >= 0.6 is 0 Å². The highest BCUT2D eigenvalue weighted by Gasteiger charge is 2.22. The molecule has 0 unspecified atom stereocenters. The number of nitrogens with zero attached hydrogens (tertiary/aromatic N) is 1. The Bertz CT molecular complexity index is 441. The molecule has 0 spiro atoms. The van der Waals surface area contributed by atoms with Gasteiger partial charge >= 0.3 is 0 Å². The van der Waals surface area contributed by atoms with Gasteiger partial charge in [-0.15, -0.1) is 0 Å². The number of nitrogens with one attached hydrogen (secondary N) is 2. The van der Waals surface area contributed by atoms with Crippen LogP contribution in [0.25, 0.3) is 0 Å². The molecule has 2 N–H and O–H groups in total. The number of aromatic amines is 2. The fourth-order valence-electron chi connectivity index (χ4n) is 1.86. The summed E-state index contributed by atoms with van der Waals surface area (Å²) in [4.78, 5) is 10.6. The van der Waals surface area contributed by atoms with Crippen molar-refractivity contribution in [2.75, 3.05) is 0 Å². The summed E-state index contributed by atoms with van der Waals surface area (Å²) in [7, 11) is 0. The molecule has 0 fully saturated rings. The maximum absolute atomic E-state index is 5.39. The number of hydrogen-bond donors (Lipinski definition) is 2. The van der Waals surface area contributed by atoms with E-state index < -0.39 is 0 Å². The Balaban J connectivity index is 2.09. The fourth-order valence-corrected chi connectivity index (χ4v) is 1.86. The Morgan fingerprint density at radius 3 is 2.19 bits per heavy atom. The Hall–Kier alpha value is -2.23. The molecule has 0 aliphatic heterocycles. The van der Waals surface area contributed by atoms with Crippen LogP contribution in [0.5, 0.6) is 0 Å². The predicted octanol–water partition coefficient (Wildman–Crippen LogP) is 2.51. The van der Waals surface area contributed by atoms with Gasteiger partial charge < -0.3 is 14.4 Å². The first-order valence-electron chi connectivity index (χ1n) is 5.11. The topological polar surface area (TPSA) is 57.6 Å². The van der Waals surface area contributed by atoms with Crippen LogP contribution in [-0.2, 0) is 0 Å². The van der Waals surface area contributed by atoms with E-state index in [4.69, 9.17) is 4.42 Å². The van der Waals surface area contributed by atoms with Gasteiger partial charge in [-0.05, 0) is 24.3 Å². The number of oxazole rings is 1. The molecule has 3 aromatic heterocycles. The molecule has 0 aliphatic carbocycles. The zero-order valence-electron chi connectivity index (χ0n) is 8.55. The summed E-state index contributed by atoms with van der Waals surface area (Å²) in [6.45, 7) is 0. The standard InChI is InChI=1S/C12H11N3O/c1-3-9(13-5-1)11(10-4-2-6-14-10)12-15-7-8-16-12/h1-8,11,13-14H. The molecular formula is C12H11N3O. The molecule has 0 saturated heterocycles. The van der Waals surface area contributed by atoms with Gasteiger partial charge in [0.15, 0.2) is 0 Å². The molecule has 0 aromatic carbocycles. The maximum atomic E-state index is 5.39. The van der Waals surface area contributed by atoms with E-state index in [2.05, 4.69) is 15.0 Å². The largest absolute Gasteiger partial charge is 0.448 e. The molecule has 3 rings (SSSR count). The minimum absolute atomic E-state index is 0.000000000000000444. The monoisotopic (exact) mass is 213 g/mol. The van der Waals surface area contributed by atoms with Crippen molar-refractivity contribution in [3.05, 3.63) is 66.4 Å². The van der Waals surface area contributed by atoms with Crippen LogP contribution in [0.1, 0.15) is 23.2 Å². The first-order chi connectivity index (χ1) is 7.95. The van der Waals surface area contributed by atoms with Gasteiger partial charge in [0, 0.05) is 23.8 Å². The molecule has 0 radical (unpaired) electrons. The third kappa shape index (κ3) is 1.44. The second-order valence-electron chi connectivity index (χ2n) is 3.55. The lowest BCUT2D eigenvalue weighted by molar-refractivity contribution is 0.483. The second-order valence-corrected chi connectivity index (χ2v) is 3.55. The Labute approximate surface area is 92.3 Å². The minimum atomic E-state index is -0.000000000000000444. The van der Waals surface area contributed by atoms with Gasteiger partial charge in [0.05, 0.1) is 6.20 Å². The summed E-state index contributed by atoms with van der Waals surface area (Å²) in [6.07, 6.45) is 7.05. The zero-order valence-corrected chi connectivity index (χ0v) is 8.55. The van der Waals surface area contributed by atoms with Crippen LogP contribution < -0.4 is 0 Å². The molecule has 4 nitrogen and oxygen atoms in total. The molecule has 0 amide bonds. The van der Waals surface area contributed by atoms with Gasteiger partial charge in [0.2, 0.25) is 5.89 Å². The van der Waals surface area contributed by atoms with Crippen LogP contribution in [0.4, 0.5) is 0 Å². The van der Waals surface area contributed by atoms with Crippen LogP contribution in [0.3, 0.4) is 0 Å². The fraction of sp³-hybridized carbons (Fsp3) is 0.0833. The molecule has 0 saturated carbocycles. The predicted molar refractivity (Wildman–Crippen MR) is 59.0 cm³/mol. The van der Waals surface area contributed by atoms with E-state index in [1.54, 1.807) is 12.5 Å². The van der Waals surface area contributed by atoms with Gasteiger partial charge in [-0.1, -0.05) is 0 Å². The molecule has 4 heteroatoms. The van der Waals surface area contributed by atoms with E-state index in [0.29, 0.717) is 5.89 Å². The first-order valence-corrected chi connectivity index (χ1v) is 5.11. The molecule has 3 heterocycles. The SMILES string of the molecule is c1c[nH]c(C(c2ccc[nH]2)c2ncco2)c1. The third-order valence-electron chi connectivity index (χ3n) is 2.56. The molecule has 0 atom stereocenters. The Morgan fingerprint density at radius 1 is 1.06 bits per heavy atom. The van der Waals surface area contributed by atoms with Gasteiger partial charge in [0.1, 0.15) is 12.2 Å². The first kappa shape index (κ1) is 9.03. The third-order valence-corrected chi connectivity index (χ3v) is 2.56. The second kappa shape index (κ2) is 3.73. The summed E-state index contributed by atoms with van der Waals surface area (Å²) >= 11 is 0. The lowest BCUT2D eigenvalue weighted by atomic mass is 10.0. The van der Waals surface area contributed by atoms with Crippen molar-refractivity contribution in [2.45, 2.75) is 5.92 Å². The molecule has 16 heavy (non-hydrogen) atoms. The summed E-state index contributed by atoms with van der Waals surface area (Å²) in [5.74, 6) is 0.685.